The maximum Gasteiger partial charge on any atom is 0.246 e. The smallest absolute Gasteiger partial charge is 0.246 e. The van der Waals surface area contributed by atoms with E-state index in [9.17, 15) is 18.7 Å². The lowest BCUT2D eigenvalue weighted by Crippen LogP contribution is -2.43. The third kappa shape index (κ3) is 4.53. The predicted molar refractivity (Wildman–Crippen MR) is 109 cm³/mol. The molecule has 1 aliphatic carbocycles. The highest BCUT2D eigenvalue weighted by atomic mass is 19.1. The number of carbonyl (C=O) groups excluding carboxylic acids is 1. The molecule has 1 saturated heterocycles. The fourth-order valence-electron chi connectivity index (χ4n) is 3.91. The van der Waals surface area contributed by atoms with Gasteiger partial charge in [-0.25, -0.2) is 24.2 Å². The molecule has 0 aromatic carbocycles. The van der Waals surface area contributed by atoms with Gasteiger partial charge in [0.25, 0.3) is 0 Å². The molecule has 4 rings (SSSR count). The van der Waals surface area contributed by atoms with Crippen LogP contribution in [0.15, 0.2) is 29.9 Å². The second-order valence-electron chi connectivity index (χ2n) is 7.73. The number of nitrogens with zero attached hydrogens (tertiary/aromatic N) is 3. The molecule has 2 unspecified atom stereocenters. The summed E-state index contributed by atoms with van der Waals surface area (Å²) in [6, 6.07) is -1.20. The second-order valence-corrected chi connectivity index (χ2v) is 7.73. The minimum Gasteiger partial charge on any atom is -0.391 e. The van der Waals surface area contributed by atoms with Crippen molar-refractivity contribution in [2.75, 3.05) is 37.0 Å². The van der Waals surface area contributed by atoms with Gasteiger partial charge in [-0.1, -0.05) is 0 Å². The number of anilines is 2. The Bertz CT molecular complexity index is 896. The van der Waals surface area contributed by atoms with Crippen molar-refractivity contribution >= 4 is 17.5 Å². The molecule has 1 fully saturated rings. The van der Waals surface area contributed by atoms with Crippen molar-refractivity contribution in [3.63, 3.8) is 0 Å². The Balaban J connectivity index is 1.55. The molecule has 3 aliphatic rings. The number of hydrogen-bond acceptors (Lipinski definition) is 8. The number of amides is 1. The minimum atomic E-state index is -1.32. The fourth-order valence-corrected chi connectivity index (χ4v) is 3.91. The lowest BCUT2D eigenvalue weighted by atomic mass is 10.0. The number of halogens is 2. The van der Waals surface area contributed by atoms with E-state index in [-0.39, 0.29) is 30.5 Å². The number of aromatic nitrogens is 2. The van der Waals surface area contributed by atoms with Gasteiger partial charge in [-0.15, -0.1) is 0 Å². The molecule has 1 aromatic rings. The van der Waals surface area contributed by atoms with Crippen LogP contribution in [-0.2, 0) is 9.53 Å². The summed E-state index contributed by atoms with van der Waals surface area (Å²) in [6.45, 7) is 2.87. The number of fused-ring (bicyclic) bond motifs is 1. The summed E-state index contributed by atoms with van der Waals surface area (Å²) in [6.07, 6.45) is 2.23. The highest BCUT2D eigenvalue weighted by Gasteiger charge is 2.37. The van der Waals surface area contributed by atoms with Crippen molar-refractivity contribution in [1.82, 2.24) is 20.3 Å². The Morgan fingerprint density at radius 1 is 1.45 bits per heavy atom. The summed E-state index contributed by atoms with van der Waals surface area (Å²) < 4.78 is 33.3. The van der Waals surface area contributed by atoms with Crippen molar-refractivity contribution in [3.05, 3.63) is 35.4 Å². The quantitative estimate of drug-likeness (QED) is 0.529. The average Bonchev–Trinajstić information content (AvgIpc) is 3.20. The molecule has 0 saturated carbocycles. The second kappa shape index (κ2) is 9.25. The fraction of sp³-hybridized carbons (Fsp3) is 0.550. The van der Waals surface area contributed by atoms with E-state index in [2.05, 4.69) is 26.1 Å². The molecule has 31 heavy (non-hydrogen) atoms. The maximum absolute atomic E-state index is 14.2. The number of allylic oxidation sites excluding steroid dienone is 3. The SMILES string of the molecule is CCN(CC1=CC(F)=CCC1F)C(=O)C1NNc2ncnc(N[C@@H]3COCC[C@H]3O)c21. The monoisotopic (exact) mass is 436 g/mol. The number of alkyl halides is 1. The van der Waals surface area contributed by atoms with Gasteiger partial charge < -0.3 is 25.5 Å². The van der Waals surface area contributed by atoms with Crippen LogP contribution < -0.4 is 16.2 Å². The number of aliphatic hydroxyl groups is 1. The number of carbonyl (C=O) groups is 1. The highest BCUT2D eigenvalue weighted by Crippen LogP contribution is 2.34. The van der Waals surface area contributed by atoms with Gasteiger partial charge in [0, 0.05) is 26.1 Å². The predicted octanol–water partition coefficient (Wildman–Crippen LogP) is 1.38. The van der Waals surface area contributed by atoms with Crippen LogP contribution in [0.2, 0.25) is 0 Å². The Morgan fingerprint density at radius 2 is 2.29 bits per heavy atom. The van der Waals surface area contributed by atoms with Crippen LogP contribution in [0.3, 0.4) is 0 Å². The van der Waals surface area contributed by atoms with E-state index in [1.54, 1.807) is 6.92 Å². The number of nitrogens with one attached hydrogen (secondary N) is 3. The van der Waals surface area contributed by atoms with Gasteiger partial charge in [0.05, 0.1) is 24.3 Å². The number of hydrazine groups is 1. The van der Waals surface area contributed by atoms with E-state index >= 15 is 0 Å². The summed E-state index contributed by atoms with van der Waals surface area (Å²) >= 11 is 0. The van der Waals surface area contributed by atoms with Gasteiger partial charge in [-0.3, -0.25) is 4.79 Å². The van der Waals surface area contributed by atoms with Crippen LogP contribution in [0.1, 0.15) is 31.4 Å². The zero-order valence-corrected chi connectivity index (χ0v) is 17.1. The van der Waals surface area contributed by atoms with Crippen LogP contribution in [0.25, 0.3) is 0 Å². The van der Waals surface area contributed by atoms with E-state index < -0.39 is 24.1 Å². The molecule has 2 aliphatic heterocycles. The standard InChI is InChI=1S/C20H26F2N6O3/c1-2-28(8-11-7-12(21)3-4-13(11)22)20(30)17-16-18(23-10-24-19(16)27-26-17)25-14-9-31-6-5-15(14)29/h3,7,10,13-15,17,26,29H,2,4-6,8-9H2,1H3,(H2,23,24,25,27)/t13?,14-,15-,17?/m1/s1. The lowest BCUT2D eigenvalue weighted by molar-refractivity contribution is -0.132. The van der Waals surface area contributed by atoms with Crippen molar-refractivity contribution < 1.29 is 23.4 Å². The lowest BCUT2D eigenvalue weighted by Gasteiger charge is -2.30. The van der Waals surface area contributed by atoms with Crippen molar-refractivity contribution in [2.24, 2.45) is 0 Å². The molecule has 0 spiro atoms. The van der Waals surface area contributed by atoms with Gasteiger partial charge in [0.2, 0.25) is 5.91 Å². The highest BCUT2D eigenvalue weighted by molar-refractivity contribution is 5.88. The van der Waals surface area contributed by atoms with E-state index in [1.165, 1.54) is 17.3 Å². The molecule has 4 N–H and O–H groups in total. The summed E-state index contributed by atoms with van der Waals surface area (Å²) in [5.41, 5.74) is 6.52. The molecule has 4 atom stereocenters. The Kier molecular flexibility index (Phi) is 6.44. The first-order valence-corrected chi connectivity index (χ1v) is 10.4. The van der Waals surface area contributed by atoms with Crippen molar-refractivity contribution in [3.8, 4) is 0 Å². The number of likely N-dealkylation sites (N-methyl/N-ethyl adjacent to an activating group) is 1. The Labute approximate surface area is 178 Å². The Hall–Kier alpha value is -2.63. The number of ether oxygens (including phenoxy) is 1. The molecule has 168 valence electrons. The molecule has 3 heterocycles. The number of rotatable bonds is 6. The van der Waals surface area contributed by atoms with Crippen molar-refractivity contribution in [1.29, 1.82) is 0 Å². The van der Waals surface area contributed by atoms with Crippen LogP contribution in [0.4, 0.5) is 20.4 Å². The first kappa shape index (κ1) is 21.6. The van der Waals surface area contributed by atoms with E-state index in [0.717, 1.165) is 6.08 Å². The third-order valence-corrected chi connectivity index (χ3v) is 5.71. The molecule has 1 amide bonds. The first-order valence-electron chi connectivity index (χ1n) is 10.4. The zero-order chi connectivity index (χ0) is 22.0. The van der Waals surface area contributed by atoms with E-state index in [4.69, 9.17) is 4.74 Å². The topological polar surface area (TPSA) is 112 Å². The number of hydrogen-bond donors (Lipinski definition) is 4. The normalized spacial score (nSPS) is 27.6. The molecule has 1 aromatic heterocycles. The first-order chi connectivity index (χ1) is 15.0. The summed E-state index contributed by atoms with van der Waals surface area (Å²) in [7, 11) is 0. The average molecular weight is 436 g/mol. The molecule has 11 heteroatoms. The van der Waals surface area contributed by atoms with Crippen LogP contribution in [0, 0.1) is 0 Å². The van der Waals surface area contributed by atoms with E-state index in [0.29, 0.717) is 43.4 Å². The summed E-state index contributed by atoms with van der Waals surface area (Å²) in [5.74, 6) is 0.0229. The molecule has 0 bridgehead atoms. The Morgan fingerprint density at radius 3 is 3.06 bits per heavy atom. The number of aliphatic hydroxyl groups excluding tert-OH is 1. The van der Waals surface area contributed by atoms with Crippen LogP contribution in [-0.4, -0.2) is 70.5 Å². The van der Waals surface area contributed by atoms with Crippen LogP contribution >= 0.6 is 0 Å². The minimum absolute atomic E-state index is 0.0170. The van der Waals surface area contributed by atoms with Gasteiger partial charge >= 0.3 is 0 Å². The maximum atomic E-state index is 14.2. The summed E-state index contributed by atoms with van der Waals surface area (Å²) in [5, 5.41) is 13.4. The van der Waals surface area contributed by atoms with Crippen molar-refractivity contribution in [2.45, 2.75) is 44.1 Å². The van der Waals surface area contributed by atoms with E-state index in [1.807, 2.05) is 0 Å². The largest absolute Gasteiger partial charge is 0.391 e. The molecule has 0 radical (unpaired) electrons. The van der Waals surface area contributed by atoms with Gasteiger partial charge in [-0.05, 0) is 31.1 Å². The van der Waals surface area contributed by atoms with Crippen LogP contribution in [0.5, 0.6) is 0 Å². The van der Waals surface area contributed by atoms with Gasteiger partial charge in [0.1, 0.15) is 30.2 Å². The molecular formula is C20H26F2N6O3. The molecular weight excluding hydrogens is 410 g/mol. The van der Waals surface area contributed by atoms with Gasteiger partial charge in [-0.2, -0.15) is 0 Å². The zero-order valence-electron chi connectivity index (χ0n) is 17.1. The molecule has 9 nitrogen and oxygen atoms in total. The summed E-state index contributed by atoms with van der Waals surface area (Å²) in [4.78, 5) is 23.2. The third-order valence-electron chi connectivity index (χ3n) is 5.71. The van der Waals surface area contributed by atoms with Gasteiger partial charge in [0.15, 0.2) is 5.82 Å².